The third-order valence-corrected chi connectivity index (χ3v) is 2.27. The summed E-state index contributed by atoms with van der Waals surface area (Å²) in [6, 6.07) is 0.261. The van der Waals surface area contributed by atoms with Gasteiger partial charge in [-0.15, -0.1) is 0 Å². The van der Waals surface area contributed by atoms with Crippen LogP contribution in [0.15, 0.2) is 12.1 Å². The molecule has 0 aliphatic carbocycles. The van der Waals surface area contributed by atoms with Gasteiger partial charge in [-0.2, -0.15) is 17.6 Å². The maximum absolute atomic E-state index is 13.3. The van der Waals surface area contributed by atoms with Gasteiger partial charge in [0.2, 0.25) is 5.82 Å². The molecule has 0 aliphatic rings. The molecule has 4 nitrogen and oxygen atoms in total. The van der Waals surface area contributed by atoms with Gasteiger partial charge in [-0.25, -0.2) is 4.39 Å². The lowest BCUT2D eigenvalue weighted by Gasteiger charge is -2.19. The molecule has 1 unspecified atom stereocenters. The minimum absolute atomic E-state index is 0.110. The molecule has 0 aromatic heterocycles. The van der Waals surface area contributed by atoms with Crippen molar-refractivity contribution in [1.82, 2.24) is 0 Å². The Morgan fingerprint density at radius 2 is 1.83 bits per heavy atom. The summed E-state index contributed by atoms with van der Waals surface area (Å²) in [7, 11) is 0. The van der Waals surface area contributed by atoms with Crippen LogP contribution in [0.1, 0.15) is 11.5 Å². The maximum Gasteiger partial charge on any atom is 0.397 e. The van der Waals surface area contributed by atoms with Crippen LogP contribution >= 0.6 is 0 Å². The Morgan fingerprint density at radius 1 is 1.28 bits per heavy atom. The molecule has 0 spiro atoms. The van der Waals surface area contributed by atoms with E-state index in [4.69, 9.17) is 5.73 Å². The second kappa shape index (κ2) is 4.84. The fraction of sp³-hybridized carbons (Fsp3) is 0.333. The minimum Gasteiger partial charge on any atom is -0.330 e. The zero-order valence-electron chi connectivity index (χ0n) is 8.67. The van der Waals surface area contributed by atoms with E-state index in [1.54, 1.807) is 0 Å². The molecule has 100 valence electrons. The van der Waals surface area contributed by atoms with Crippen LogP contribution in [0.3, 0.4) is 0 Å². The van der Waals surface area contributed by atoms with Gasteiger partial charge in [0.15, 0.2) is 0 Å². The van der Waals surface area contributed by atoms with Gasteiger partial charge in [0.05, 0.1) is 16.9 Å². The predicted octanol–water partition coefficient (Wildman–Crippen LogP) is 2.48. The van der Waals surface area contributed by atoms with Crippen molar-refractivity contribution in [2.75, 3.05) is 6.54 Å². The summed E-state index contributed by atoms with van der Waals surface area (Å²) in [4.78, 5) is 9.04. The van der Waals surface area contributed by atoms with E-state index < -0.39 is 46.4 Å². The first-order valence-corrected chi connectivity index (χ1v) is 4.58. The first kappa shape index (κ1) is 14.3. The molecular weight excluding hydrogens is 263 g/mol. The van der Waals surface area contributed by atoms with Crippen molar-refractivity contribution in [3.8, 4) is 0 Å². The van der Waals surface area contributed by atoms with E-state index in [9.17, 15) is 32.1 Å². The molecule has 0 fully saturated rings. The quantitative estimate of drug-likeness (QED) is 0.521. The van der Waals surface area contributed by atoms with Gasteiger partial charge in [-0.3, -0.25) is 10.1 Å². The van der Waals surface area contributed by atoms with E-state index in [0.717, 1.165) is 0 Å². The van der Waals surface area contributed by atoms with E-state index in [1.165, 1.54) is 0 Å². The molecule has 0 aliphatic heterocycles. The van der Waals surface area contributed by atoms with Gasteiger partial charge < -0.3 is 5.73 Å². The minimum atomic E-state index is -4.86. The predicted molar refractivity (Wildman–Crippen MR) is 50.9 cm³/mol. The molecule has 0 bridgehead atoms. The van der Waals surface area contributed by atoms with Crippen molar-refractivity contribution in [2.45, 2.75) is 12.1 Å². The highest BCUT2D eigenvalue weighted by Crippen LogP contribution is 2.36. The topological polar surface area (TPSA) is 69.2 Å². The number of nitro benzene ring substituents is 1. The van der Waals surface area contributed by atoms with Crippen LogP contribution in [0.2, 0.25) is 0 Å². The summed E-state index contributed by atoms with van der Waals surface area (Å²) >= 11 is 0. The number of benzene rings is 1. The first-order chi connectivity index (χ1) is 8.18. The summed E-state index contributed by atoms with van der Waals surface area (Å²) in [6.45, 7) is -0.988. The number of alkyl halides is 3. The molecule has 2 N–H and O–H groups in total. The van der Waals surface area contributed by atoms with Crippen molar-refractivity contribution in [3.05, 3.63) is 39.4 Å². The Labute approximate surface area is 97.3 Å². The molecule has 1 aromatic carbocycles. The summed E-state index contributed by atoms with van der Waals surface area (Å²) in [6.07, 6.45) is -4.86. The average Bonchev–Trinajstić information content (AvgIpc) is 2.21. The zero-order chi connectivity index (χ0) is 14.1. The lowest BCUT2D eigenvalue weighted by molar-refractivity contribution is -0.387. The van der Waals surface area contributed by atoms with E-state index in [1.807, 2.05) is 0 Å². The van der Waals surface area contributed by atoms with Crippen molar-refractivity contribution in [3.63, 3.8) is 0 Å². The first-order valence-electron chi connectivity index (χ1n) is 4.58. The second-order valence-electron chi connectivity index (χ2n) is 3.41. The summed E-state index contributed by atoms with van der Waals surface area (Å²) in [5, 5.41) is 10.3. The van der Waals surface area contributed by atoms with Crippen molar-refractivity contribution in [1.29, 1.82) is 0 Å². The molecule has 1 rings (SSSR count). The number of rotatable bonds is 3. The van der Waals surface area contributed by atoms with Gasteiger partial charge in [-0.05, 0) is 6.07 Å². The molecule has 0 radical (unpaired) electrons. The monoisotopic (exact) mass is 270 g/mol. The fourth-order valence-electron chi connectivity index (χ4n) is 1.40. The van der Waals surface area contributed by atoms with E-state index in [-0.39, 0.29) is 12.1 Å². The largest absolute Gasteiger partial charge is 0.397 e. The molecule has 0 saturated carbocycles. The lowest BCUT2D eigenvalue weighted by atomic mass is 9.97. The van der Waals surface area contributed by atoms with Crippen molar-refractivity contribution in [2.24, 2.45) is 5.73 Å². The molecule has 1 aromatic rings. The van der Waals surface area contributed by atoms with Crippen LogP contribution in [0.5, 0.6) is 0 Å². The van der Waals surface area contributed by atoms with Gasteiger partial charge in [-0.1, -0.05) is 0 Å². The number of nitrogens with two attached hydrogens (primary N) is 1. The van der Waals surface area contributed by atoms with E-state index in [2.05, 4.69) is 0 Å². The van der Waals surface area contributed by atoms with Crippen LogP contribution < -0.4 is 5.73 Å². The highest BCUT2D eigenvalue weighted by molar-refractivity contribution is 5.38. The number of hydrogen-bond donors (Lipinski definition) is 1. The van der Waals surface area contributed by atoms with E-state index in [0.29, 0.717) is 0 Å². The summed E-state index contributed by atoms with van der Waals surface area (Å²) < 4.78 is 63.9. The molecule has 1 atom stereocenters. The Hall–Kier alpha value is -1.77. The number of nitro groups is 1. The Bertz CT molecular complexity index is 475. The molecule has 9 heteroatoms. The van der Waals surface area contributed by atoms with Gasteiger partial charge >= 0.3 is 11.9 Å². The normalized spacial score (nSPS) is 13.4. The highest BCUT2D eigenvalue weighted by atomic mass is 19.4. The van der Waals surface area contributed by atoms with Crippen molar-refractivity contribution >= 4 is 5.69 Å². The summed E-state index contributed by atoms with van der Waals surface area (Å²) in [5.41, 5.74) is 2.59. The summed E-state index contributed by atoms with van der Waals surface area (Å²) in [5.74, 6) is -5.47. The van der Waals surface area contributed by atoms with Gasteiger partial charge in [0.25, 0.3) is 0 Å². The Kier molecular flexibility index (Phi) is 3.85. The second-order valence-corrected chi connectivity index (χ2v) is 3.41. The standard InChI is InChI=1S/C9H7F5N2O2/c10-6-2-8(16(17)18)7(11)1-4(6)5(3-15)9(12,13)14/h1-2,5H,3,15H2. The molecule has 0 heterocycles. The highest BCUT2D eigenvalue weighted by Gasteiger charge is 2.42. The average molecular weight is 270 g/mol. The molecular formula is C9H7F5N2O2. The van der Waals surface area contributed by atoms with Crippen LogP contribution in [0.25, 0.3) is 0 Å². The number of hydrogen-bond acceptors (Lipinski definition) is 3. The van der Waals surface area contributed by atoms with E-state index >= 15 is 0 Å². The van der Waals surface area contributed by atoms with Crippen LogP contribution in [-0.2, 0) is 0 Å². The zero-order valence-corrected chi connectivity index (χ0v) is 8.67. The van der Waals surface area contributed by atoms with Crippen LogP contribution in [0.4, 0.5) is 27.6 Å². The van der Waals surface area contributed by atoms with Crippen LogP contribution in [-0.4, -0.2) is 17.6 Å². The Balaban J connectivity index is 3.35. The third kappa shape index (κ3) is 2.73. The van der Waals surface area contributed by atoms with Crippen LogP contribution in [0, 0.1) is 21.7 Å². The van der Waals surface area contributed by atoms with Gasteiger partial charge in [0, 0.05) is 12.1 Å². The van der Waals surface area contributed by atoms with Gasteiger partial charge in [0.1, 0.15) is 5.82 Å². The smallest absolute Gasteiger partial charge is 0.330 e. The molecule has 0 amide bonds. The third-order valence-electron chi connectivity index (χ3n) is 2.27. The Morgan fingerprint density at radius 3 is 2.22 bits per heavy atom. The fourth-order valence-corrected chi connectivity index (χ4v) is 1.40. The maximum atomic E-state index is 13.3. The number of halogens is 5. The number of nitrogens with zero attached hydrogens (tertiary/aromatic N) is 1. The van der Waals surface area contributed by atoms with Crippen molar-refractivity contribution < 1.29 is 26.9 Å². The molecule has 18 heavy (non-hydrogen) atoms. The SMILES string of the molecule is NCC(c1cc(F)c([N+](=O)[O-])cc1F)C(F)(F)F. The lowest BCUT2D eigenvalue weighted by Crippen LogP contribution is -2.29. The molecule has 0 saturated heterocycles.